The summed E-state index contributed by atoms with van der Waals surface area (Å²) in [6, 6.07) is 32.7. The zero-order valence-electron chi connectivity index (χ0n) is 34.9. The van der Waals surface area contributed by atoms with Gasteiger partial charge in [-0.15, -0.1) is 0 Å². The molecule has 0 atom stereocenters. The van der Waals surface area contributed by atoms with E-state index >= 15 is 0 Å². The predicted molar refractivity (Wildman–Crippen MR) is 244 cm³/mol. The summed E-state index contributed by atoms with van der Waals surface area (Å²) in [6.07, 6.45) is 0.738. The number of H-pyrrole nitrogens is 2. The van der Waals surface area contributed by atoms with Crippen LogP contribution in [-0.4, -0.2) is 62.8 Å². The molecule has 0 radical (unpaired) electrons. The Labute approximate surface area is 381 Å². The maximum Gasteiger partial charge on any atom is 0.437 e. The predicted octanol–water partition coefficient (Wildman–Crippen LogP) is 8.60. The number of para-hydroxylation sites is 4. The van der Waals surface area contributed by atoms with E-state index in [-0.39, 0.29) is 40.6 Å². The highest BCUT2D eigenvalue weighted by atomic mass is 35.5. The van der Waals surface area contributed by atoms with Crippen molar-refractivity contribution in [2.75, 3.05) is 23.7 Å². The molecule has 0 aliphatic carbocycles. The average Bonchev–Trinajstić information content (AvgIpc) is 4.03. The van der Waals surface area contributed by atoms with Crippen LogP contribution in [0.1, 0.15) is 40.7 Å². The molecular formula is C46H37ClF3N11O6. The third kappa shape index (κ3) is 10.3. The Kier molecular flexibility index (Phi) is 13.1. The van der Waals surface area contributed by atoms with Gasteiger partial charge in [0.2, 0.25) is 17.4 Å². The minimum absolute atomic E-state index is 0.0183. The van der Waals surface area contributed by atoms with Gasteiger partial charge in [0.05, 0.1) is 38.9 Å². The van der Waals surface area contributed by atoms with Crippen molar-refractivity contribution in [1.82, 2.24) is 39.0 Å². The van der Waals surface area contributed by atoms with Crippen molar-refractivity contribution >= 4 is 56.6 Å². The molecule has 17 nitrogen and oxygen atoms in total. The number of carbonyl (C=O) groups excluding carboxylic acids is 1. The molecule has 340 valence electrons. The van der Waals surface area contributed by atoms with Crippen molar-refractivity contribution < 1.29 is 27.3 Å². The molecule has 0 spiro atoms. The monoisotopic (exact) mass is 931 g/mol. The Morgan fingerprint density at radius 1 is 0.791 bits per heavy atom. The Hall–Kier alpha value is -8.39. The fourth-order valence-electron chi connectivity index (χ4n) is 7.46. The maximum atomic E-state index is 13.5. The Balaban J connectivity index is 0.000000158. The van der Waals surface area contributed by atoms with Gasteiger partial charge in [-0.1, -0.05) is 60.1 Å². The molecule has 0 bridgehead atoms. The largest absolute Gasteiger partial charge is 0.437 e. The van der Waals surface area contributed by atoms with Gasteiger partial charge in [-0.2, -0.15) is 13.2 Å². The van der Waals surface area contributed by atoms with Gasteiger partial charge >= 0.3 is 17.6 Å². The molecule has 7 heterocycles. The lowest BCUT2D eigenvalue weighted by atomic mass is 10.0. The number of carbonyl (C=O) groups is 1. The van der Waals surface area contributed by atoms with Crippen LogP contribution in [0.15, 0.2) is 148 Å². The lowest BCUT2D eigenvalue weighted by Gasteiger charge is -2.33. The first-order valence-electron chi connectivity index (χ1n) is 20.5. The van der Waals surface area contributed by atoms with E-state index in [1.165, 1.54) is 47.2 Å². The minimum Gasteiger partial charge on any atom is -0.432 e. The lowest BCUT2D eigenvalue weighted by molar-refractivity contribution is -0.385. The molecule has 1 aliphatic heterocycles. The SMILES string of the molecule is Nc1ccc(N2CCC(n3c(=O)[nH]c4ccccc43)CC2)nc1.O=C(Cc1ccc(-n2c(=O)[nH]c3ccccc32)nc1)c1oc(-c2ccccc2)nc1C(F)(F)F.O=[N+]([O-])c1ccc(Cl)nc1. The van der Waals surface area contributed by atoms with Crippen LogP contribution < -0.4 is 22.0 Å². The van der Waals surface area contributed by atoms with Crippen LogP contribution in [0.3, 0.4) is 0 Å². The van der Waals surface area contributed by atoms with E-state index in [4.69, 9.17) is 21.8 Å². The van der Waals surface area contributed by atoms with Gasteiger partial charge in [-0.25, -0.2) is 34.1 Å². The second-order valence-electron chi connectivity index (χ2n) is 15.0. The highest BCUT2D eigenvalue weighted by Crippen LogP contribution is 2.35. The first kappa shape index (κ1) is 45.2. The summed E-state index contributed by atoms with van der Waals surface area (Å²) >= 11 is 5.38. The number of halogens is 4. The summed E-state index contributed by atoms with van der Waals surface area (Å²) < 4.78 is 49.1. The van der Waals surface area contributed by atoms with Crippen LogP contribution >= 0.6 is 11.6 Å². The number of pyridine rings is 3. The third-order valence-corrected chi connectivity index (χ3v) is 10.9. The number of ketones is 1. The zero-order chi connectivity index (χ0) is 47.2. The van der Waals surface area contributed by atoms with Gasteiger partial charge in [-0.3, -0.25) is 19.5 Å². The number of fused-ring (bicyclic) bond motifs is 2. The number of benzene rings is 3. The number of nitrogen functional groups attached to an aromatic ring is 1. The fourth-order valence-corrected chi connectivity index (χ4v) is 7.57. The van der Waals surface area contributed by atoms with Gasteiger partial charge in [0.15, 0.2) is 5.69 Å². The molecule has 1 aliphatic rings. The highest BCUT2D eigenvalue weighted by molar-refractivity contribution is 6.29. The average molecular weight is 932 g/mol. The molecule has 67 heavy (non-hydrogen) atoms. The molecule has 4 N–H and O–H groups in total. The van der Waals surface area contributed by atoms with Crippen molar-refractivity contribution in [2.24, 2.45) is 0 Å². The molecule has 0 unspecified atom stereocenters. The van der Waals surface area contributed by atoms with Crippen molar-refractivity contribution in [3.8, 4) is 17.3 Å². The lowest BCUT2D eigenvalue weighted by Crippen LogP contribution is -2.37. The molecule has 3 aromatic carbocycles. The Morgan fingerprint density at radius 3 is 2.06 bits per heavy atom. The molecule has 1 saturated heterocycles. The zero-order valence-corrected chi connectivity index (χ0v) is 35.7. The van der Waals surface area contributed by atoms with Crippen LogP contribution in [0.2, 0.25) is 5.15 Å². The number of hydrogen-bond acceptors (Lipinski definition) is 12. The number of hydrogen-bond donors (Lipinski definition) is 3. The molecule has 0 amide bonds. The molecule has 9 aromatic rings. The van der Waals surface area contributed by atoms with Crippen LogP contribution in [0.25, 0.3) is 39.3 Å². The summed E-state index contributed by atoms with van der Waals surface area (Å²) in [5, 5.41) is 10.3. The molecule has 21 heteroatoms. The number of imidazole rings is 2. The van der Waals surface area contributed by atoms with E-state index in [0.29, 0.717) is 33.7 Å². The normalized spacial score (nSPS) is 12.9. The fraction of sp³-hybridized carbons (Fsp3) is 0.152. The highest BCUT2D eigenvalue weighted by Gasteiger charge is 2.41. The molecule has 0 saturated carbocycles. The number of piperidine rings is 1. The van der Waals surface area contributed by atoms with E-state index in [1.54, 1.807) is 48.7 Å². The van der Waals surface area contributed by atoms with Crippen molar-refractivity contribution in [1.29, 1.82) is 0 Å². The van der Waals surface area contributed by atoms with Crippen molar-refractivity contribution in [3.63, 3.8) is 0 Å². The van der Waals surface area contributed by atoms with Gasteiger partial charge in [0.1, 0.15) is 23.0 Å². The molecule has 6 aromatic heterocycles. The van der Waals surface area contributed by atoms with Gasteiger partial charge in [0.25, 0.3) is 5.69 Å². The molecule has 10 rings (SSSR count). The second-order valence-corrected chi connectivity index (χ2v) is 15.4. The van der Waals surface area contributed by atoms with Gasteiger partial charge in [0, 0.05) is 43.4 Å². The number of nitrogens with two attached hydrogens (primary N) is 1. The van der Waals surface area contributed by atoms with Crippen LogP contribution in [0.4, 0.5) is 30.4 Å². The van der Waals surface area contributed by atoms with Crippen LogP contribution in [0, 0.1) is 10.1 Å². The number of nitrogens with one attached hydrogen (secondary N) is 2. The first-order valence-corrected chi connectivity index (χ1v) is 20.8. The van der Waals surface area contributed by atoms with E-state index in [9.17, 15) is 37.7 Å². The summed E-state index contributed by atoms with van der Waals surface area (Å²) in [5.41, 5.74) is 8.36. The number of nitrogens with zero attached hydrogens (tertiary/aromatic N) is 8. The number of rotatable bonds is 8. The number of aromatic amines is 2. The molecule has 1 fully saturated rings. The Bertz CT molecular complexity index is 3290. The Morgan fingerprint density at radius 2 is 1.43 bits per heavy atom. The second kappa shape index (κ2) is 19.4. The van der Waals surface area contributed by atoms with Crippen LogP contribution in [0.5, 0.6) is 0 Å². The number of aromatic nitrogens is 8. The number of anilines is 2. The number of nitro groups is 1. The van der Waals surface area contributed by atoms with E-state index < -0.39 is 28.3 Å². The topological polar surface area (TPSA) is 230 Å². The summed E-state index contributed by atoms with van der Waals surface area (Å²) in [6.45, 7) is 1.76. The number of oxazole rings is 1. The van der Waals surface area contributed by atoms with E-state index in [1.807, 2.05) is 41.0 Å². The summed E-state index contributed by atoms with van der Waals surface area (Å²) in [4.78, 5) is 70.4. The van der Waals surface area contributed by atoms with Crippen molar-refractivity contribution in [2.45, 2.75) is 31.5 Å². The smallest absolute Gasteiger partial charge is 0.432 e. The molecular weight excluding hydrogens is 895 g/mol. The van der Waals surface area contributed by atoms with E-state index in [0.717, 1.165) is 49.0 Å². The summed E-state index contributed by atoms with van der Waals surface area (Å²) in [7, 11) is 0. The number of Topliss-reactive ketones (excluding diaryl/α,β-unsaturated/α-hetero) is 1. The minimum atomic E-state index is -4.86. The van der Waals surface area contributed by atoms with Crippen LogP contribution in [-0.2, 0) is 12.6 Å². The number of alkyl halides is 3. The van der Waals surface area contributed by atoms with Gasteiger partial charge < -0.3 is 25.0 Å². The van der Waals surface area contributed by atoms with Crippen molar-refractivity contribution in [3.05, 3.63) is 187 Å². The summed E-state index contributed by atoms with van der Waals surface area (Å²) in [5.74, 6) is -0.780. The van der Waals surface area contributed by atoms with Gasteiger partial charge in [-0.05, 0) is 79.1 Å². The van der Waals surface area contributed by atoms with E-state index in [2.05, 4.69) is 34.8 Å². The maximum absolute atomic E-state index is 13.5. The first-order chi connectivity index (χ1) is 32.2. The quantitative estimate of drug-likeness (QED) is 0.0563. The standard InChI is InChI=1S/C24H15F3N4O3.C17H19N5O.C5H3ClN2O2/c25-24(26,27)21-20(34-22(30-21)15-6-2-1-3-7-15)18(32)12-14-10-11-19(28-13-14)31-17-9-5-4-8-16(17)29-23(31)33;18-12-5-6-16(19-11-12)21-9-7-13(8-10-21)22-15-4-2-1-3-14(15)20-17(22)23;6-5-2-1-4(3-7-5)8(9)10/h1-11,13H,12H2,(H,29,33);1-6,11,13H,7-10,18H2,(H,20,23);1-3H. The third-order valence-electron chi connectivity index (χ3n) is 10.6.